The summed E-state index contributed by atoms with van der Waals surface area (Å²) in [5.41, 5.74) is 4.97. The number of aromatic amines is 1. The van der Waals surface area contributed by atoms with Crippen LogP contribution in [-0.4, -0.2) is 43.3 Å². The molecule has 0 fully saturated rings. The van der Waals surface area contributed by atoms with Gasteiger partial charge in [-0.3, -0.25) is 4.98 Å². The number of nitrogens with one attached hydrogen (secondary N) is 1. The fourth-order valence-corrected chi connectivity index (χ4v) is 3.42. The van der Waals surface area contributed by atoms with Gasteiger partial charge in [0.1, 0.15) is 0 Å². The van der Waals surface area contributed by atoms with E-state index >= 15 is 0 Å². The maximum absolute atomic E-state index is 12.0. The van der Waals surface area contributed by atoms with Crippen molar-refractivity contribution in [3.63, 3.8) is 0 Å². The largest absolute Gasteiger partial charge is 0.465 e. The third-order valence-corrected chi connectivity index (χ3v) is 4.97. The summed E-state index contributed by atoms with van der Waals surface area (Å²) < 4.78 is 7.06. The fourth-order valence-electron chi connectivity index (χ4n) is 3.42. The molecule has 3 aromatic heterocycles. The van der Waals surface area contributed by atoms with Crippen molar-refractivity contribution in [3.05, 3.63) is 70.9 Å². The Hall–Kier alpha value is -3.55. The lowest BCUT2D eigenvalue weighted by atomic mass is 10.0. The third kappa shape index (κ3) is 4.16. The number of hydrogen-bond donors (Lipinski definition) is 1. The highest BCUT2D eigenvalue weighted by atomic mass is 16.5. The first-order valence-corrected chi connectivity index (χ1v) is 9.48. The molecular weight excluding hydrogens is 368 g/mol. The van der Waals surface area contributed by atoms with E-state index in [4.69, 9.17) is 4.74 Å². The van der Waals surface area contributed by atoms with E-state index in [0.29, 0.717) is 17.8 Å². The van der Waals surface area contributed by atoms with Crippen LogP contribution < -0.4 is 0 Å². The van der Waals surface area contributed by atoms with Crippen LogP contribution in [0.5, 0.6) is 0 Å². The molecule has 1 aromatic carbocycles. The van der Waals surface area contributed by atoms with Crippen molar-refractivity contribution in [1.82, 2.24) is 30.2 Å². The zero-order valence-electron chi connectivity index (χ0n) is 16.4. The number of fused-ring (bicyclic) bond motifs is 1. The Kier molecular flexibility index (Phi) is 5.33. The Morgan fingerprint density at radius 2 is 2.07 bits per heavy atom. The number of tetrazole rings is 1. The highest BCUT2D eigenvalue weighted by Gasteiger charge is 2.14. The Morgan fingerprint density at radius 3 is 2.79 bits per heavy atom. The second kappa shape index (κ2) is 8.22. The van der Waals surface area contributed by atoms with Gasteiger partial charge in [0, 0.05) is 42.0 Å². The predicted octanol–water partition coefficient (Wildman–Crippen LogP) is 2.67. The highest BCUT2D eigenvalue weighted by molar-refractivity contribution is 5.96. The first-order valence-electron chi connectivity index (χ1n) is 9.48. The van der Waals surface area contributed by atoms with Crippen molar-refractivity contribution in [2.24, 2.45) is 0 Å². The first-order chi connectivity index (χ1) is 14.1. The van der Waals surface area contributed by atoms with Crippen LogP contribution in [0.2, 0.25) is 0 Å². The molecule has 3 heterocycles. The summed E-state index contributed by atoms with van der Waals surface area (Å²) in [6.45, 7) is 2.75. The van der Waals surface area contributed by atoms with Crippen LogP contribution in [0, 0.1) is 6.92 Å². The molecule has 8 nitrogen and oxygen atoms in total. The molecular formula is C21H22N6O2. The van der Waals surface area contributed by atoms with E-state index in [1.807, 2.05) is 25.3 Å². The van der Waals surface area contributed by atoms with E-state index in [-0.39, 0.29) is 5.97 Å². The number of methoxy groups -OCH3 is 1. The number of carbonyl (C=O) groups excluding carboxylic acids is 1. The van der Waals surface area contributed by atoms with Crippen LogP contribution in [0.15, 0.2) is 42.7 Å². The average molecular weight is 390 g/mol. The van der Waals surface area contributed by atoms with Gasteiger partial charge in [0.05, 0.1) is 12.7 Å². The van der Waals surface area contributed by atoms with Crippen molar-refractivity contribution in [2.75, 3.05) is 7.11 Å². The number of carbonyl (C=O) groups is 1. The second-order valence-electron chi connectivity index (χ2n) is 6.98. The van der Waals surface area contributed by atoms with Crippen molar-refractivity contribution in [2.45, 2.75) is 32.7 Å². The van der Waals surface area contributed by atoms with Gasteiger partial charge in [-0.25, -0.2) is 4.79 Å². The summed E-state index contributed by atoms with van der Waals surface area (Å²) >= 11 is 0. The molecule has 0 spiro atoms. The van der Waals surface area contributed by atoms with Gasteiger partial charge in [-0.1, -0.05) is 11.3 Å². The maximum Gasteiger partial charge on any atom is 0.337 e. The number of ether oxygens (including phenoxy) is 1. The van der Waals surface area contributed by atoms with Crippen LogP contribution in [0.3, 0.4) is 0 Å². The quantitative estimate of drug-likeness (QED) is 0.487. The zero-order chi connectivity index (χ0) is 20.2. The first kappa shape index (κ1) is 18.8. The minimum absolute atomic E-state index is 0.336. The van der Waals surface area contributed by atoms with E-state index < -0.39 is 0 Å². The van der Waals surface area contributed by atoms with Gasteiger partial charge in [-0.15, -0.1) is 10.2 Å². The molecule has 0 aliphatic carbocycles. The third-order valence-electron chi connectivity index (χ3n) is 4.97. The molecule has 0 saturated heterocycles. The lowest BCUT2D eigenvalue weighted by Crippen LogP contribution is -2.03. The van der Waals surface area contributed by atoms with E-state index in [1.165, 1.54) is 12.7 Å². The maximum atomic E-state index is 12.0. The van der Waals surface area contributed by atoms with E-state index in [2.05, 4.69) is 48.5 Å². The van der Waals surface area contributed by atoms with Crippen LogP contribution in [0.25, 0.3) is 10.9 Å². The Bertz CT molecular complexity index is 1120. The number of nitrogens with zero attached hydrogens (tertiary/aromatic N) is 5. The molecule has 4 aromatic rings. The van der Waals surface area contributed by atoms with Crippen molar-refractivity contribution < 1.29 is 9.53 Å². The summed E-state index contributed by atoms with van der Waals surface area (Å²) in [5, 5.41) is 15.2. The summed E-state index contributed by atoms with van der Waals surface area (Å²) in [5.74, 6) is 0.334. The molecule has 0 aliphatic heterocycles. The number of benzene rings is 1. The van der Waals surface area contributed by atoms with Crippen LogP contribution in [0.1, 0.15) is 33.0 Å². The molecule has 0 bridgehead atoms. The van der Waals surface area contributed by atoms with Crippen molar-refractivity contribution >= 4 is 16.9 Å². The summed E-state index contributed by atoms with van der Waals surface area (Å²) in [7, 11) is 1.40. The highest BCUT2D eigenvalue weighted by Crippen LogP contribution is 2.25. The minimum Gasteiger partial charge on any atom is -0.465 e. The van der Waals surface area contributed by atoms with Gasteiger partial charge in [0.25, 0.3) is 0 Å². The molecule has 4 rings (SSSR count). The van der Waals surface area contributed by atoms with Gasteiger partial charge in [-0.05, 0) is 55.2 Å². The van der Waals surface area contributed by atoms with E-state index in [1.54, 1.807) is 6.07 Å². The number of rotatable bonds is 7. The number of H-pyrrole nitrogens is 1. The second-order valence-corrected chi connectivity index (χ2v) is 6.98. The Morgan fingerprint density at radius 1 is 1.17 bits per heavy atom. The van der Waals surface area contributed by atoms with Gasteiger partial charge >= 0.3 is 5.97 Å². The molecule has 0 saturated carbocycles. The molecule has 0 atom stereocenters. The normalized spacial score (nSPS) is 11.1. The number of esters is 1. The van der Waals surface area contributed by atoms with Crippen molar-refractivity contribution in [1.29, 1.82) is 0 Å². The lowest BCUT2D eigenvalue weighted by molar-refractivity contribution is 0.0601. The van der Waals surface area contributed by atoms with Crippen molar-refractivity contribution in [3.8, 4) is 0 Å². The predicted molar refractivity (Wildman–Crippen MR) is 108 cm³/mol. The number of aromatic nitrogens is 6. The summed E-state index contributed by atoms with van der Waals surface area (Å²) in [6, 6.07) is 9.80. The molecule has 1 N–H and O–H groups in total. The number of pyridine rings is 1. The Labute approximate surface area is 167 Å². The molecule has 29 heavy (non-hydrogen) atoms. The molecule has 0 aliphatic rings. The minimum atomic E-state index is -0.336. The molecule has 148 valence electrons. The number of aryl methyl sites for hydroxylation is 5. The van der Waals surface area contributed by atoms with Gasteiger partial charge in [-0.2, -0.15) is 5.21 Å². The van der Waals surface area contributed by atoms with E-state index in [0.717, 1.165) is 41.5 Å². The van der Waals surface area contributed by atoms with Gasteiger partial charge in [0.2, 0.25) is 0 Å². The summed E-state index contributed by atoms with van der Waals surface area (Å²) in [6.07, 6.45) is 6.34. The lowest BCUT2D eigenvalue weighted by Gasteiger charge is -2.04. The molecule has 0 radical (unpaired) electrons. The Balaban J connectivity index is 1.64. The SMILES string of the molecule is COC(=O)c1ccc2c(c1)c(CCc1ccc(C)cn1)cn2CCc1nn[nH]n1. The molecule has 8 heteroatoms. The fraction of sp³-hybridized carbons (Fsp3) is 0.286. The van der Waals surface area contributed by atoms with Crippen LogP contribution in [-0.2, 0) is 30.5 Å². The van der Waals surface area contributed by atoms with Crippen LogP contribution in [0.4, 0.5) is 0 Å². The smallest absolute Gasteiger partial charge is 0.337 e. The van der Waals surface area contributed by atoms with Gasteiger partial charge < -0.3 is 9.30 Å². The zero-order valence-corrected chi connectivity index (χ0v) is 16.4. The standard InChI is InChI=1S/C21H22N6O2/c1-14-3-6-17(22-12-14)7-4-16-13-27(10-9-20-23-25-26-24-20)19-8-5-15(11-18(16)19)21(28)29-2/h3,5-6,8,11-13H,4,7,9-10H2,1-2H3,(H,23,24,25,26). The van der Waals surface area contributed by atoms with Crippen LogP contribution >= 0.6 is 0 Å². The van der Waals surface area contributed by atoms with Gasteiger partial charge in [0.15, 0.2) is 5.82 Å². The summed E-state index contributed by atoms with van der Waals surface area (Å²) in [4.78, 5) is 16.5. The monoisotopic (exact) mass is 390 g/mol. The molecule has 0 amide bonds. The number of hydrogen-bond acceptors (Lipinski definition) is 6. The average Bonchev–Trinajstić information content (AvgIpc) is 3.39. The molecule has 0 unspecified atom stereocenters. The van der Waals surface area contributed by atoms with E-state index in [9.17, 15) is 4.79 Å². The topological polar surface area (TPSA) is 98.6 Å².